The van der Waals surface area contributed by atoms with Gasteiger partial charge in [-0.3, -0.25) is 0 Å². The first-order valence-corrected chi connectivity index (χ1v) is 8.32. The van der Waals surface area contributed by atoms with Crippen LogP contribution in [0.4, 0.5) is 0 Å². The van der Waals surface area contributed by atoms with Gasteiger partial charge in [0.15, 0.2) is 0 Å². The fourth-order valence-electron chi connectivity index (χ4n) is 5.71. The monoisotopic (exact) mass is 277 g/mol. The molecule has 0 amide bonds. The molecule has 0 aromatic rings. The molecule has 4 bridgehead atoms. The van der Waals surface area contributed by atoms with Crippen LogP contribution in [-0.4, -0.2) is 23.1 Å². The van der Waals surface area contributed by atoms with Crippen molar-refractivity contribution in [3.63, 3.8) is 0 Å². The predicted molar refractivity (Wildman–Crippen MR) is 78.6 cm³/mol. The molecule has 0 atom stereocenters. The van der Waals surface area contributed by atoms with E-state index in [1.807, 2.05) is 0 Å². The molecule has 4 nitrogen and oxygen atoms in total. The third-order valence-electron chi connectivity index (χ3n) is 6.52. The number of rotatable bonds is 5. The molecule has 0 unspecified atom stereocenters. The highest BCUT2D eigenvalue weighted by Gasteiger charge is 2.52. The number of hydrogen-bond acceptors (Lipinski definition) is 3. The second-order valence-electron chi connectivity index (χ2n) is 8.32. The third-order valence-corrected chi connectivity index (χ3v) is 6.52. The van der Waals surface area contributed by atoms with Crippen molar-refractivity contribution in [2.75, 3.05) is 6.54 Å². The Morgan fingerprint density at radius 2 is 1.65 bits per heavy atom. The van der Waals surface area contributed by atoms with E-state index in [2.05, 4.69) is 10.5 Å². The second kappa shape index (κ2) is 4.36. The predicted octanol–water partition coefficient (Wildman–Crippen LogP) is 2.46. The fraction of sp³-hybridized carbons (Fsp3) is 0.938. The molecule has 20 heavy (non-hydrogen) atoms. The molecule has 0 aliphatic heterocycles. The summed E-state index contributed by atoms with van der Waals surface area (Å²) in [6, 6.07) is 0. The maximum Gasteiger partial charge on any atom is 0.139 e. The molecule has 4 heteroatoms. The van der Waals surface area contributed by atoms with E-state index in [-0.39, 0.29) is 0 Å². The van der Waals surface area contributed by atoms with Crippen LogP contribution < -0.4 is 11.1 Å². The maximum atomic E-state index is 8.77. The summed E-state index contributed by atoms with van der Waals surface area (Å²) in [7, 11) is 0. The Balaban J connectivity index is 1.40. The van der Waals surface area contributed by atoms with Crippen LogP contribution in [-0.2, 0) is 0 Å². The Bertz CT molecular complexity index is 392. The minimum absolute atomic E-state index is 0.291. The highest BCUT2D eigenvalue weighted by atomic mass is 16.4. The summed E-state index contributed by atoms with van der Waals surface area (Å²) < 4.78 is 0. The molecular weight excluding hydrogens is 250 g/mol. The number of nitrogens with two attached hydrogens (primary N) is 1. The normalized spacial score (nSPS) is 44.8. The quantitative estimate of drug-likeness (QED) is 0.313. The zero-order valence-electron chi connectivity index (χ0n) is 12.3. The van der Waals surface area contributed by atoms with Crippen LogP contribution in [0, 0.1) is 23.2 Å². The molecule has 5 aliphatic rings. The summed E-state index contributed by atoms with van der Waals surface area (Å²) in [6.45, 7) is 1.06. The van der Waals surface area contributed by atoms with Crippen LogP contribution >= 0.6 is 0 Å². The lowest BCUT2D eigenvalue weighted by Gasteiger charge is -2.57. The van der Waals surface area contributed by atoms with Crippen molar-refractivity contribution >= 4 is 5.84 Å². The van der Waals surface area contributed by atoms with E-state index in [1.165, 1.54) is 51.4 Å². The van der Waals surface area contributed by atoms with Crippen molar-refractivity contribution in [1.82, 2.24) is 5.32 Å². The topological polar surface area (TPSA) is 70.6 Å². The van der Waals surface area contributed by atoms with E-state index in [0.29, 0.717) is 16.8 Å². The Labute approximate surface area is 121 Å². The van der Waals surface area contributed by atoms with E-state index in [4.69, 9.17) is 10.9 Å². The van der Waals surface area contributed by atoms with E-state index >= 15 is 0 Å². The molecule has 0 aromatic carbocycles. The summed E-state index contributed by atoms with van der Waals surface area (Å²) in [5.41, 5.74) is 6.44. The zero-order valence-corrected chi connectivity index (χ0v) is 12.3. The lowest BCUT2D eigenvalue weighted by atomic mass is 9.53. The smallest absolute Gasteiger partial charge is 0.139 e. The molecule has 5 fully saturated rings. The second-order valence-corrected chi connectivity index (χ2v) is 8.32. The van der Waals surface area contributed by atoms with Crippen LogP contribution in [0.1, 0.15) is 57.8 Å². The zero-order chi connectivity index (χ0) is 13.8. The van der Waals surface area contributed by atoms with E-state index in [9.17, 15) is 0 Å². The van der Waals surface area contributed by atoms with Gasteiger partial charge in [0, 0.05) is 18.5 Å². The summed E-state index contributed by atoms with van der Waals surface area (Å²) >= 11 is 0. The number of nitrogens with zero attached hydrogens (tertiary/aromatic N) is 1. The van der Waals surface area contributed by atoms with Crippen LogP contribution in [0.15, 0.2) is 5.16 Å². The number of oxime groups is 1. The molecule has 112 valence electrons. The van der Waals surface area contributed by atoms with Crippen LogP contribution in [0.25, 0.3) is 0 Å². The van der Waals surface area contributed by atoms with Crippen LogP contribution in [0.3, 0.4) is 0 Å². The van der Waals surface area contributed by atoms with Gasteiger partial charge >= 0.3 is 0 Å². The summed E-state index contributed by atoms with van der Waals surface area (Å²) in [6.07, 6.45) is 11.9. The molecule has 5 rings (SSSR count). The Morgan fingerprint density at radius 1 is 1.10 bits per heavy atom. The van der Waals surface area contributed by atoms with E-state index in [0.717, 1.165) is 30.7 Å². The van der Waals surface area contributed by atoms with Crippen LogP contribution in [0.5, 0.6) is 0 Å². The lowest BCUT2D eigenvalue weighted by Crippen LogP contribution is -2.59. The molecular formula is C16H27N3O. The standard InChI is InChI=1S/C16H27N3O/c17-14(19-20)9-15(1-2-15)10-18-16-6-11-3-12(7-16)5-13(4-11)8-16/h11-13,18,20H,1-10H2,(H2,17,19). The van der Waals surface area contributed by atoms with Gasteiger partial charge in [-0.05, 0) is 74.5 Å². The van der Waals surface area contributed by atoms with Crippen molar-refractivity contribution in [2.24, 2.45) is 34.1 Å². The fourth-order valence-corrected chi connectivity index (χ4v) is 5.71. The van der Waals surface area contributed by atoms with Gasteiger partial charge in [-0.15, -0.1) is 0 Å². The van der Waals surface area contributed by atoms with Gasteiger partial charge in [-0.1, -0.05) is 5.16 Å². The summed E-state index contributed by atoms with van der Waals surface area (Å²) in [4.78, 5) is 0. The number of hydrogen-bond donors (Lipinski definition) is 3. The molecule has 0 aromatic heterocycles. The van der Waals surface area contributed by atoms with Gasteiger partial charge in [0.05, 0.1) is 0 Å². The molecule has 0 radical (unpaired) electrons. The van der Waals surface area contributed by atoms with Crippen molar-refractivity contribution < 1.29 is 5.21 Å². The number of nitrogens with one attached hydrogen (secondary N) is 1. The first-order chi connectivity index (χ1) is 9.60. The van der Waals surface area contributed by atoms with Gasteiger partial charge in [-0.2, -0.15) is 0 Å². The van der Waals surface area contributed by atoms with Crippen molar-refractivity contribution in [2.45, 2.75) is 63.3 Å². The van der Waals surface area contributed by atoms with E-state index < -0.39 is 0 Å². The third kappa shape index (κ3) is 2.22. The molecule has 0 spiro atoms. The van der Waals surface area contributed by atoms with Gasteiger partial charge in [0.1, 0.15) is 5.84 Å². The Kier molecular flexibility index (Phi) is 2.82. The lowest BCUT2D eigenvalue weighted by molar-refractivity contribution is -0.0217. The molecule has 0 heterocycles. The van der Waals surface area contributed by atoms with Gasteiger partial charge in [0.25, 0.3) is 0 Å². The largest absolute Gasteiger partial charge is 0.409 e. The SMILES string of the molecule is NC(CC1(CNC23CC4CC(CC(C4)C2)C3)CC1)=NO. The summed E-state index contributed by atoms with van der Waals surface area (Å²) in [5.74, 6) is 3.38. The van der Waals surface area contributed by atoms with Gasteiger partial charge in [0.2, 0.25) is 0 Å². The number of amidine groups is 1. The maximum absolute atomic E-state index is 8.77. The molecule has 5 aliphatic carbocycles. The Hall–Kier alpha value is -0.770. The van der Waals surface area contributed by atoms with Crippen molar-refractivity contribution in [3.8, 4) is 0 Å². The average molecular weight is 277 g/mol. The average Bonchev–Trinajstić information content (AvgIpc) is 3.15. The molecule has 4 N–H and O–H groups in total. The highest BCUT2D eigenvalue weighted by molar-refractivity contribution is 5.80. The van der Waals surface area contributed by atoms with Crippen molar-refractivity contribution in [1.29, 1.82) is 0 Å². The van der Waals surface area contributed by atoms with Crippen LogP contribution in [0.2, 0.25) is 0 Å². The van der Waals surface area contributed by atoms with Gasteiger partial charge < -0.3 is 16.3 Å². The highest BCUT2D eigenvalue weighted by Crippen LogP contribution is 2.56. The van der Waals surface area contributed by atoms with E-state index in [1.54, 1.807) is 0 Å². The molecule has 5 saturated carbocycles. The van der Waals surface area contributed by atoms with Gasteiger partial charge in [-0.25, -0.2) is 0 Å². The first kappa shape index (κ1) is 12.9. The van der Waals surface area contributed by atoms with Crippen molar-refractivity contribution in [3.05, 3.63) is 0 Å². The summed E-state index contributed by atoms with van der Waals surface area (Å²) in [5, 5.41) is 15.9. The first-order valence-electron chi connectivity index (χ1n) is 8.32. The molecule has 0 saturated heterocycles. The minimum Gasteiger partial charge on any atom is -0.409 e. The minimum atomic E-state index is 0.291. The Morgan fingerprint density at radius 3 is 2.10 bits per heavy atom.